The van der Waals surface area contributed by atoms with Gasteiger partial charge in [-0.3, -0.25) is 9.59 Å². The molecule has 0 spiro atoms. The van der Waals surface area contributed by atoms with Gasteiger partial charge in [-0.15, -0.1) is 0 Å². The van der Waals surface area contributed by atoms with Crippen LogP contribution < -0.4 is 0 Å². The summed E-state index contributed by atoms with van der Waals surface area (Å²) in [4.78, 5) is 25.3. The van der Waals surface area contributed by atoms with Crippen LogP contribution in [-0.2, 0) is 14.3 Å². The van der Waals surface area contributed by atoms with E-state index in [-0.39, 0.29) is 5.78 Å². The summed E-state index contributed by atoms with van der Waals surface area (Å²) in [6, 6.07) is 0. The number of Topliss-reactive ketones (excluding diaryl/α,β-unsaturated/α-hetero) is 1. The first-order valence-electron chi connectivity index (χ1n) is 5.07. The maximum absolute atomic E-state index is 11.9. The Morgan fingerprint density at radius 3 is 2.73 bits per heavy atom. The summed E-state index contributed by atoms with van der Waals surface area (Å²) >= 11 is 3.22. The first-order chi connectivity index (χ1) is 7.09. The Labute approximate surface area is 98.0 Å². The quantitative estimate of drug-likeness (QED) is 0.587. The van der Waals surface area contributed by atoms with E-state index in [1.807, 2.05) is 0 Å². The van der Waals surface area contributed by atoms with Crippen LogP contribution in [0.2, 0.25) is 0 Å². The fraction of sp³-hybridized carbons (Fsp3) is 0.636. The van der Waals surface area contributed by atoms with Crippen LogP contribution in [0.15, 0.2) is 10.6 Å². The van der Waals surface area contributed by atoms with Gasteiger partial charge in [-0.2, -0.15) is 0 Å². The molecule has 4 heteroatoms. The summed E-state index contributed by atoms with van der Waals surface area (Å²) < 4.78 is 5.00. The van der Waals surface area contributed by atoms with Crippen LogP contribution in [0.4, 0.5) is 0 Å². The number of hydrogen-bond acceptors (Lipinski definition) is 3. The van der Waals surface area contributed by atoms with E-state index in [1.54, 1.807) is 11.9 Å². The predicted octanol–water partition coefficient (Wildman–Crippen LogP) is 2.59. The number of ether oxygens (including phenoxy) is 1. The maximum Gasteiger partial charge on any atom is 0.323 e. The van der Waals surface area contributed by atoms with Gasteiger partial charge in [0.25, 0.3) is 0 Å². The Kier molecular flexibility index (Phi) is 4.08. The Morgan fingerprint density at radius 2 is 2.27 bits per heavy atom. The zero-order valence-electron chi connectivity index (χ0n) is 9.01. The van der Waals surface area contributed by atoms with Crippen LogP contribution in [0.1, 0.15) is 33.1 Å². The summed E-state index contributed by atoms with van der Waals surface area (Å²) in [5.74, 6) is -0.523. The molecule has 0 N–H and O–H groups in total. The second kappa shape index (κ2) is 4.92. The second-order valence-corrected chi connectivity index (χ2v) is 4.13. The molecule has 1 atom stereocenters. The lowest BCUT2D eigenvalue weighted by Crippen LogP contribution is -2.38. The SMILES string of the molecule is CCOC(=O)C1(C(C)=O)CCC/C1=C\Br. The van der Waals surface area contributed by atoms with Gasteiger partial charge >= 0.3 is 5.97 Å². The maximum atomic E-state index is 11.9. The van der Waals surface area contributed by atoms with Gasteiger partial charge in [0.1, 0.15) is 5.41 Å². The van der Waals surface area contributed by atoms with Crippen LogP contribution in [0, 0.1) is 5.41 Å². The Bertz CT molecular complexity index is 309. The molecule has 3 nitrogen and oxygen atoms in total. The third-order valence-corrected chi connectivity index (χ3v) is 3.46. The van der Waals surface area contributed by atoms with E-state index in [0.717, 1.165) is 18.4 Å². The van der Waals surface area contributed by atoms with E-state index in [2.05, 4.69) is 15.9 Å². The zero-order chi connectivity index (χ0) is 11.5. The van der Waals surface area contributed by atoms with E-state index in [4.69, 9.17) is 4.74 Å². The van der Waals surface area contributed by atoms with Gasteiger partial charge in [-0.25, -0.2) is 0 Å². The minimum Gasteiger partial charge on any atom is -0.465 e. The molecule has 1 aliphatic rings. The molecule has 1 unspecified atom stereocenters. The fourth-order valence-electron chi connectivity index (χ4n) is 2.10. The van der Waals surface area contributed by atoms with Crippen molar-refractivity contribution in [3.05, 3.63) is 10.6 Å². The summed E-state index contributed by atoms with van der Waals surface area (Å²) in [6.07, 6.45) is 2.21. The van der Waals surface area contributed by atoms with Gasteiger partial charge in [-0.1, -0.05) is 15.9 Å². The molecule has 0 aromatic heterocycles. The van der Waals surface area contributed by atoms with Gasteiger partial charge in [-0.05, 0) is 43.7 Å². The second-order valence-electron chi connectivity index (χ2n) is 3.67. The van der Waals surface area contributed by atoms with Crippen LogP contribution in [0.25, 0.3) is 0 Å². The molecule has 0 amide bonds. The molecule has 1 rings (SSSR count). The Hall–Kier alpha value is -0.640. The van der Waals surface area contributed by atoms with E-state index in [1.165, 1.54) is 6.92 Å². The predicted molar refractivity (Wildman–Crippen MR) is 60.6 cm³/mol. The number of carbonyl (C=O) groups excluding carboxylic acids is 2. The Balaban J connectivity index is 3.08. The molecule has 0 heterocycles. The highest BCUT2D eigenvalue weighted by molar-refractivity contribution is 9.11. The molecule has 1 saturated carbocycles. The first-order valence-corrected chi connectivity index (χ1v) is 5.99. The summed E-state index contributed by atoms with van der Waals surface area (Å²) in [7, 11) is 0. The first kappa shape index (κ1) is 12.4. The largest absolute Gasteiger partial charge is 0.465 e. The van der Waals surface area contributed by atoms with E-state index in [9.17, 15) is 9.59 Å². The molecule has 0 aliphatic heterocycles. The summed E-state index contributed by atoms with van der Waals surface area (Å²) in [5, 5.41) is 0. The molecule has 0 saturated heterocycles. The number of esters is 1. The number of ketones is 1. The number of halogens is 1. The van der Waals surface area contributed by atoms with Gasteiger partial charge < -0.3 is 4.74 Å². The third kappa shape index (κ3) is 2.00. The smallest absolute Gasteiger partial charge is 0.323 e. The van der Waals surface area contributed by atoms with Gasteiger partial charge in [0.05, 0.1) is 6.61 Å². The molecule has 0 aromatic rings. The topological polar surface area (TPSA) is 43.4 Å². The molecule has 0 radical (unpaired) electrons. The molecular weight excluding hydrogens is 260 g/mol. The van der Waals surface area contributed by atoms with Crippen LogP contribution in [0.5, 0.6) is 0 Å². The molecule has 84 valence electrons. The van der Waals surface area contributed by atoms with Crippen LogP contribution in [-0.4, -0.2) is 18.4 Å². The molecule has 0 aromatic carbocycles. The normalized spacial score (nSPS) is 28.1. The highest BCUT2D eigenvalue weighted by Gasteiger charge is 2.50. The monoisotopic (exact) mass is 274 g/mol. The van der Waals surface area contributed by atoms with Crippen molar-refractivity contribution < 1.29 is 14.3 Å². The molecule has 1 fully saturated rings. The lowest BCUT2D eigenvalue weighted by atomic mass is 9.79. The van der Waals surface area contributed by atoms with Crippen molar-refractivity contribution >= 4 is 27.7 Å². The van der Waals surface area contributed by atoms with Crippen LogP contribution >= 0.6 is 15.9 Å². The highest BCUT2D eigenvalue weighted by Crippen LogP contribution is 2.45. The zero-order valence-corrected chi connectivity index (χ0v) is 10.6. The van der Waals surface area contributed by atoms with Crippen LogP contribution in [0.3, 0.4) is 0 Å². The molecule has 0 bridgehead atoms. The molecule has 15 heavy (non-hydrogen) atoms. The number of rotatable bonds is 3. The molecule has 1 aliphatic carbocycles. The van der Waals surface area contributed by atoms with Gasteiger partial charge in [0.2, 0.25) is 0 Å². The fourth-order valence-corrected chi connectivity index (χ4v) is 2.72. The lowest BCUT2D eigenvalue weighted by Gasteiger charge is -2.25. The van der Waals surface area contributed by atoms with E-state index in [0.29, 0.717) is 13.0 Å². The van der Waals surface area contributed by atoms with Crippen molar-refractivity contribution in [1.82, 2.24) is 0 Å². The lowest BCUT2D eigenvalue weighted by molar-refractivity contribution is -0.156. The minimum atomic E-state index is -1.01. The summed E-state index contributed by atoms with van der Waals surface area (Å²) in [6.45, 7) is 3.51. The Morgan fingerprint density at radius 1 is 1.60 bits per heavy atom. The van der Waals surface area contributed by atoms with Crippen molar-refractivity contribution in [2.75, 3.05) is 6.61 Å². The van der Waals surface area contributed by atoms with Crippen molar-refractivity contribution in [3.63, 3.8) is 0 Å². The standard InChI is InChI=1S/C11H15BrO3/c1-3-15-10(14)11(8(2)13)6-4-5-9(11)7-12/h7H,3-6H2,1-2H3/b9-7+. The van der Waals surface area contributed by atoms with E-state index >= 15 is 0 Å². The third-order valence-electron chi connectivity index (χ3n) is 2.90. The molecular formula is C11H15BrO3. The van der Waals surface area contributed by atoms with Crippen molar-refractivity contribution in [2.24, 2.45) is 5.41 Å². The van der Waals surface area contributed by atoms with Crippen molar-refractivity contribution in [1.29, 1.82) is 0 Å². The average Bonchev–Trinajstić information content (AvgIpc) is 2.62. The number of hydrogen-bond donors (Lipinski definition) is 0. The number of carbonyl (C=O) groups is 2. The van der Waals surface area contributed by atoms with Gasteiger partial charge in [0, 0.05) is 0 Å². The van der Waals surface area contributed by atoms with E-state index < -0.39 is 11.4 Å². The van der Waals surface area contributed by atoms with Gasteiger partial charge in [0.15, 0.2) is 5.78 Å². The minimum absolute atomic E-state index is 0.121. The summed E-state index contributed by atoms with van der Waals surface area (Å²) in [5.41, 5.74) is -0.173. The highest BCUT2D eigenvalue weighted by atomic mass is 79.9. The van der Waals surface area contributed by atoms with Crippen molar-refractivity contribution in [3.8, 4) is 0 Å². The average molecular weight is 275 g/mol. The van der Waals surface area contributed by atoms with Crippen molar-refractivity contribution in [2.45, 2.75) is 33.1 Å².